The maximum absolute atomic E-state index is 12.8. The number of ether oxygens (including phenoxy) is 4. The summed E-state index contributed by atoms with van der Waals surface area (Å²) in [6, 6.07) is 9.98. The maximum Gasteiger partial charge on any atom is 0.328 e. The number of pyridine rings is 1. The van der Waals surface area contributed by atoms with Crippen molar-refractivity contribution in [1.29, 1.82) is 0 Å². The minimum absolute atomic E-state index is 0.128. The Morgan fingerprint density at radius 1 is 1.06 bits per heavy atom. The number of nitrogens with zero attached hydrogens (tertiary/aromatic N) is 1. The lowest BCUT2D eigenvalue weighted by Crippen LogP contribution is -2.42. The Kier molecular flexibility index (Phi) is 10.7. The zero-order chi connectivity index (χ0) is 26.0. The van der Waals surface area contributed by atoms with Gasteiger partial charge in [-0.2, -0.15) is 0 Å². The normalized spacial score (nSPS) is 14.2. The smallest absolute Gasteiger partial charge is 0.328 e. The Balaban J connectivity index is 2.11. The summed E-state index contributed by atoms with van der Waals surface area (Å²) in [4.78, 5) is 41.1. The minimum Gasteiger partial charge on any atom is -0.493 e. The van der Waals surface area contributed by atoms with Crippen LogP contribution in [0.4, 0.5) is 0 Å². The van der Waals surface area contributed by atoms with Gasteiger partial charge in [0.2, 0.25) is 5.75 Å². The number of rotatable bonds is 12. The van der Waals surface area contributed by atoms with Crippen molar-refractivity contribution >= 4 is 17.8 Å². The van der Waals surface area contributed by atoms with Crippen molar-refractivity contribution in [2.75, 3.05) is 13.7 Å². The number of aromatic nitrogens is 1. The van der Waals surface area contributed by atoms with Crippen LogP contribution in [0.3, 0.4) is 0 Å². The van der Waals surface area contributed by atoms with Gasteiger partial charge < -0.3 is 24.3 Å². The van der Waals surface area contributed by atoms with Crippen molar-refractivity contribution in [3.05, 3.63) is 53.9 Å². The molecule has 35 heavy (non-hydrogen) atoms. The first kappa shape index (κ1) is 27.8. The molecule has 0 bridgehead atoms. The molecular formula is C26H34N2O7. The monoisotopic (exact) mass is 486 g/mol. The summed E-state index contributed by atoms with van der Waals surface area (Å²) in [7, 11) is 1.37. The lowest BCUT2D eigenvalue weighted by atomic mass is 10.0. The van der Waals surface area contributed by atoms with Gasteiger partial charge in [0.25, 0.3) is 5.91 Å². The van der Waals surface area contributed by atoms with Crippen LogP contribution in [0.15, 0.2) is 42.6 Å². The van der Waals surface area contributed by atoms with Gasteiger partial charge in [-0.25, -0.2) is 9.78 Å². The van der Waals surface area contributed by atoms with Crippen molar-refractivity contribution in [1.82, 2.24) is 10.3 Å². The molecule has 2 aromatic rings. The molecule has 2 rings (SSSR count). The SMILES string of the molecule is CCC(C)CO[C@H](c1ccccc1)[C@H](C)OC(=O)[C@H](C)NC(=O)c1nccc(OC)c1OC(C)=O. The topological polar surface area (TPSA) is 113 Å². The lowest BCUT2D eigenvalue weighted by Gasteiger charge is -2.27. The highest BCUT2D eigenvalue weighted by molar-refractivity contribution is 5.98. The van der Waals surface area contributed by atoms with Gasteiger partial charge in [-0.15, -0.1) is 0 Å². The molecule has 1 N–H and O–H groups in total. The van der Waals surface area contributed by atoms with Gasteiger partial charge in [0.1, 0.15) is 18.2 Å². The maximum atomic E-state index is 12.8. The summed E-state index contributed by atoms with van der Waals surface area (Å²) in [5.74, 6) is -1.62. The molecule has 0 aliphatic carbocycles. The first-order valence-corrected chi connectivity index (χ1v) is 11.6. The number of amides is 1. The number of hydrogen-bond acceptors (Lipinski definition) is 8. The first-order valence-electron chi connectivity index (χ1n) is 11.6. The van der Waals surface area contributed by atoms with Crippen LogP contribution in [-0.2, 0) is 19.1 Å². The molecule has 0 saturated heterocycles. The van der Waals surface area contributed by atoms with E-state index in [-0.39, 0.29) is 17.2 Å². The van der Waals surface area contributed by atoms with E-state index in [0.717, 1.165) is 12.0 Å². The van der Waals surface area contributed by atoms with E-state index in [4.69, 9.17) is 18.9 Å². The highest BCUT2D eigenvalue weighted by Crippen LogP contribution is 2.30. The van der Waals surface area contributed by atoms with E-state index in [1.54, 1.807) is 6.92 Å². The van der Waals surface area contributed by atoms with Crippen molar-refractivity contribution in [3.8, 4) is 11.5 Å². The molecular weight excluding hydrogens is 452 g/mol. The average Bonchev–Trinajstić information content (AvgIpc) is 2.84. The van der Waals surface area contributed by atoms with Gasteiger partial charge in [-0.05, 0) is 25.3 Å². The third kappa shape index (κ3) is 8.06. The third-order valence-corrected chi connectivity index (χ3v) is 5.36. The van der Waals surface area contributed by atoms with E-state index in [1.807, 2.05) is 30.3 Å². The molecule has 4 atom stereocenters. The molecule has 9 nitrogen and oxygen atoms in total. The molecule has 1 amide bonds. The zero-order valence-corrected chi connectivity index (χ0v) is 21.1. The minimum atomic E-state index is -1.01. The third-order valence-electron chi connectivity index (χ3n) is 5.36. The van der Waals surface area contributed by atoms with Gasteiger partial charge >= 0.3 is 11.9 Å². The summed E-state index contributed by atoms with van der Waals surface area (Å²) in [6.45, 7) is 9.14. The number of esters is 2. The van der Waals surface area contributed by atoms with Crippen LogP contribution in [0.5, 0.6) is 11.5 Å². The molecule has 0 aliphatic heterocycles. The summed E-state index contributed by atoms with van der Waals surface area (Å²) in [5.41, 5.74) is 0.700. The average molecular weight is 487 g/mol. The van der Waals surface area contributed by atoms with Gasteiger partial charge in [-0.3, -0.25) is 9.59 Å². The second-order valence-electron chi connectivity index (χ2n) is 8.30. The van der Waals surface area contributed by atoms with Gasteiger partial charge in [-0.1, -0.05) is 50.6 Å². The lowest BCUT2D eigenvalue weighted by molar-refractivity contribution is -0.159. The Labute approximate surface area is 206 Å². The Morgan fingerprint density at radius 2 is 1.74 bits per heavy atom. The molecule has 1 unspecified atom stereocenters. The largest absolute Gasteiger partial charge is 0.493 e. The molecule has 9 heteroatoms. The van der Waals surface area contributed by atoms with Crippen molar-refractivity contribution in [2.24, 2.45) is 5.92 Å². The van der Waals surface area contributed by atoms with Gasteiger partial charge in [0.05, 0.1) is 13.7 Å². The van der Waals surface area contributed by atoms with Gasteiger partial charge in [0.15, 0.2) is 11.4 Å². The molecule has 0 fully saturated rings. The quantitative estimate of drug-likeness (QED) is 0.450. The van der Waals surface area contributed by atoms with E-state index in [9.17, 15) is 14.4 Å². The zero-order valence-electron chi connectivity index (χ0n) is 21.1. The molecule has 1 heterocycles. The molecule has 0 radical (unpaired) electrons. The van der Waals surface area contributed by atoms with Crippen molar-refractivity contribution < 1.29 is 33.3 Å². The van der Waals surface area contributed by atoms with Crippen molar-refractivity contribution in [2.45, 2.75) is 59.3 Å². The fraction of sp³-hybridized carbons (Fsp3) is 0.462. The molecule has 1 aromatic heterocycles. The molecule has 0 spiro atoms. The van der Waals surface area contributed by atoms with Crippen LogP contribution in [0.1, 0.15) is 63.2 Å². The summed E-state index contributed by atoms with van der Waals surface area (Å²) < 4.78 is 22.0. The second kappa shape index (κ2) is 13.4. The Bertz CT molecular complexity index is 996. The van der Waals surface area contributed by atoms with Crippen LogP contribution >= 0.6 is 0 Å². The van der Waals surface area contributed by atoms with Crippen LogP contribution in [0, 0.1) is 5.92 Å². The van der Waals surface area contributed by atoms with E-state index in [0.29, 0.717) is 12.5 Å². The van der Waals surface area contributed by atoms with Crippen LogP contribution in [-0.4, -0.2) is 48.7 Å². The molecule has 0 aliphatic rings. The van der Waals surface area contributed by atoms with Gasteiger partial charge in [0, 0.05) is 19.2 Å². The predicted octanol–water partition coefficient (Wildman–Crippen LogP) is 3.87. The van der Waals surface area contributed by atoms with E-state index in [2.05, 4.69) is 24.1 Å². The molecule has 0 saturated carbocycles. The number of carbonyl (C=O) groups is 3. The first-order chi connectivity index (χ1) is 16.7. The van der Waals surface area contributed by atoms with Crippen LogP contribution in [0.2, 0.25) is 0 Å². The van der Waals surface area contributed by atoms with Crippen molar-refractivity contribution in [3.63, 3.8) is 0 Å². The summed E-state index contributed by atoms with van der Waals surface area (Å²) in [5, 5.41) is 2.54. The summed E-state index contributed by atoms with van der Waals surface area (Å²) >= 11 is 0. The van der Waals surface area contributed by atoms with E-state index >= 15 is 0 Å². The number of benzene rings is 1. The Morgan fingerprint density at radius 3 is 2.34 bits per heavy atom. The van der Waals surface area contributed by atoms with E-state index in [1.165, 1.54) is 33.2 Å². The summed E-state index contributed by atoms with van der Waals surface area (Å²) in [6.07, 6.45) is 1.23. The highest BCUT2D eigenvalue weighted by atomic mass is 16.6. The fourth-order valence-electron chi connectivity index (χ4n) is 3.20. The molecule has 190 valence electrons. The number of methoxy groups -OCH3 is 1. The number of nitrogens with one attached hydrogen (secondary N) is 1. The number of hydrogen-bond donors (Lipinski definition) is 1. The molecule has 1 aromatic carbocycles. The fourth-order valence-corrected chi connectivity index (χ4v) is 3.20. The standard InChI is InChI=1S/C26H34N2O7/c1-7-16(2)15-33-23(20-11-9-8-10-12-20)18(4)34-26(31)17(3)28-25(30)22-24(35-19(5)29)21(32-6)13-14-27-22/h8-14,16-18,23H,7,15H2,1-6H3,(H,28,30)/t16?,17-,18-,23-/m0/s1. The Hall–Kier alpha value is -3.46. The van der Waals surface area contributed by atoms with E-state index < -0.39 is 36.1 Å². The van der Waals surface area contributed by atoms with Crippen LogP contribution in [0.25, 0.3) is 0 Å². The second-order valence-corrected chi connectivity index (χ2v) is 8.30. The number of carbonyl (C=O) groups excluding carboxylic acids is 3. The predicted molar refractivity (Wildman–Crippen MR) is 129 cm³/mol. The highest BCUT2D eigenvalue weighted by Gasteiger charge is 2.29. The van der Waals surface area contributed by atoms with Crippen LogP contribution < -0.4 is 14.8 Å².